The van der Waals surface area contributed by atoms with Crippen LogP contribution in [0.25, 0.3) is 0 Å². The zero-order valence-electron chi connectivity index (χ0n) is 11.7. The molecular formula is C13H23N3O2. The Labute approximate surface area is 108 Å². The number of carbonyl (C=O) groups is 1. The first-order valence-corrected chi connectivity index (χ1v) is 6.41. The highest BCUT2D eigenvalue weighted by Crippen LogP contribution is 2.22. The van der Waals surface area contributed by atoms with Crippen molar-refractivity contribution in [1.29, 1.82) is 0 Å². The van der Waals surface area contributed by atoms with Crippen molar-refractivity contribution in [3.8, 4) is 0 Å². The van der Waals surface area contributed by atoms with Crippen LogP contribution < -0.4 is 10.6 Å². The molecule has 18 heavy (non-hydrogen) atoms. The summed E-state index contributed by atoms with van der Waals surface area (Å²) in [4.78, 5) is 11.8. The Kier molecular flexibility index (Phi) is 5.34. The smallest absolute Gasteiger partial charge is 0.273 e. The van der Waals surface area contributed by atoms with Crippen LogP contribution in [0.2, 0.25) is 0 Å². The summed E-state index contributed by atoms with van der Waals surface area (Å²) in [6.07, 6.45) is 1.09. The van der Waals surface area contributed by atoms with Crippen LogP contribution in [0.1, 0.15) is 50.4 Å². The van der Waals surface area contributed by atoms with Crippen molar-refractivity contribution in [2.45, 2.75) is 39.5 Å². The quantitative estimate of drug-likeness (QED) is 0.757. The summed E-state index contributed by atoms with van der Waals surface area (Å²) in [5.41, 5.74) is 0.212. The summed E-state index contributed by atoms with van der Waals surface area (Å²) in [6, 6.07) is 1.70. The van der Waals surface area contributed by atoms with Crippen LogP contribution >= 0.6 is 0 Å². The van der Waals surface area contributed by atoms with Crippen molar-refractivity contribution in [3.63, 3.8) is 0 Å². The van der Waals surface area contributed by atoms with E-state index in [0.29, 0.717) is 12.2 Å². The van der Waals surface area contributed by atoms with E-state index < -0.39 is 0 Å². The van der Waals surface area contributed by atoms with Crippen molar-refractivity contribution >= 4 is 5.91 Å². The van der Waals surface area contributed by atoms with Crippen LogP contribution in [0.15, 0.2) is 10.6 Å². The average molecular weight is 253 g/mol. The van der Waals surface area contributed by atoms with E-state index in [2.05, 4.69) is 22.7 Å². The standard InChI is InChI=1S/C13H23N3O2/c1-5-6-14-7-8-15-12(17)10-9-11(18-16-10)13(2,3)4/h9,14H,5-8H2,1-4H3,(H,15,17). The molecule has 102 valence electrons. The third kappa shape index (κ3) is 4.49. The van der Waals surface area contributed by atoms with Gasteiger partial charge in [-0.1, -0.05) is 32.9 Å². The van der Waals surface area contributed by atoms with Gasteiger partial charge in [0.05, 0.1) is 0 Å². The third-order valence-corrected chi connectivity index (χ3v) is 2.50. The average Bonchev–Trinajstić information content (AvgIpc) is 2.77. The lowest BCUT2D eigenvalue weighted by molar-refractivity contribution is 0.0944. The summed E-state index contributed by atoms with van der Waals surface area (Å²) in [5, 5.41) is 9.80. The Morgan fingerprint density at radius 3 is 2.61 bits per heavy atom. The SMILES string of the molecule is CCCNCCNC(=O)c1cc(C(C)(C)C)on1. The topological polar surface area (TPSA) is 67.2 Å². The van der Waals surface area contributed by atoms with Gasteiger partial charge in [0.25, 0.3) is 5.91 Å². The summed E-state index contributed by atoms with van der Waals surface area (Å²) in [7, 11) is 0. The fraction of sp³-hybridized carbons (Fsp3) is 0.692. The predicted molar refractivity (Wildman–Crippen MR) is 70.7 cm³/mol. The van der Waals surface area contributed by atoms with Gasteiger partial charge in [-0.2, -0.15) is 0 Å². The molecule has 0 unspecified atom stereocenters. The lowest BCUT2D eigenvalue weighted by Crippen LogP contribution is -2.32. The molecule has 1 heterocycles. The number of aromatic nitrogens is 1. The molecule has 0 bridgehead atoms. The van der Waals surface area contributed by atoms with E-state index in [-0.39, 0.29) is 11.3 Å². The highest BCUT2D eigenvalue weighted by Gasteiger charge is 2.21. The first-order chi connectivity index (χ1) is 8.45. The molecule has 1 amide bonds. The Bertz CT molecular complexity index is 380. The zero-order valence-corrected chi connectivity index (χ0v) is 11.7. The van der Waals surface area contributed by atoms with E-state index in [4.69, 9.17) is 4.52 Å². The Hall–Kier alpha value is -1.36. The molecule has 0 spiro atoms. The minimum absolute atomic E-state index is 0.131. The van der Waals surface area contributed by atoms with Crippen molar-refractivity contribution in [2.24, 2.45) is 0 Å². The van der Waals surface area contributed by atoms with E-state index >= 15 is 0 Å². The number of nitrogens with zero attached hydrogens (tertiary/aromatic N) is 1. The van der Waals surface area contributed by atoms with Gasteiger partial charge in [-0.15, -0.1) is 0 Å². The molecule has 0 radical (unpaired) electrons. The van der Waals surface area contributed by atoms with Gasteiger partial charge in [-0.05, 0) is 13.0 Å². The molecule has 5 nitrogen and oxygen atoms in total. The minimum atomic E-state index is -0.187. The third-order valence-electron chi connectivity index (χ3n) is 2.50. The van der Waals surface area contributed by atoms with Crippen molar-refractivity contribution in [2.75, 3.05) is 19.6 Å². The summed E-state index contributed by atoms with van der Waals surface area (Å²) in [6.45, 7) is 10.5. The second-order valence-electron chi connectivity index (χ2n) is 5.33. The summed E-state index contributed by atoms with van der Waals surface area (Å²) < 4.78 is 5.17. The van der Waals surface area contributed by atoms with Crippen LogP contribution in [0.5, 0.6) is 0 Å². The molecule has 0 saturated carbocycles. The number of carbonyl (C=O) groups excluding carboxylic acids is 1. The first kappa shape index (κ1) is 14.7. The van der Waals surface area contributed by atoms with Crippen molar-refractivity contribution in [3.05, 3.63) is 17.5 Å². The van der Waals surface area contributed by atoms with E-state index in [1.807, 2.05) is 20.8 Å². The fourth-order valence-corrected chi connectivity index (χ4v) is 1.39. The fourth-order valence-electron chi connectivity index (χ4n) is 1.39. The molecule has 0 aliphatic rings. The van der Waals surface area contributed by atoms with Gasteiger partial charge in [0.2, 0.25) is 0 Å². The first-order valence-electron chi connectivity index (χ1n) is 6.41. The Balaban J connectivity index is 2.40. The lowest BCUT2D eigenvalue weighted by atomic mass is 9.93. The second-order valence-corrected chi connectivity index (χ2v) is 5.33. The Morgan fingerprint density at radius 1 is 1.33 bits per heavy atom. The van der Waals surface area contributed by atoms with Crippen LogP contribution in [0, 0.1) is 0 Å². The molecule has 1 aromatic rings. The van der Waals surface area contributed by atoms with Crippen LogP contribution in [-0.2, 0) is 5.41 Å². The Morgan fingerprint density at radius 2 is 2.06 bits per heavy atom. The molecule has 0 saturated heterocycles. The second kappa shape index (κ2) is 6.54. The number of nitrogens with one attached hydrogen (secondary N) is 2. The van der Waals surface area contributed by atoms with E-state index in [1.165, 1.54) is 0 Å². The molecular weight excluding hydrogens is 230 g/mol. The monoisotopic (exact) mass is 253 g/mol. The minimum Gasteiger partial charge on any atom is -0.360 e. The molecule has 0 aromatic carbocycles. The van der Waals surface area contributed by atoms with Gasteiger partial charge in [-0.3, -0.25) is 4.79 Å². The molecule has 5 heteroatoms. The lowest BCUT2D eigenvalue weighted by Gasteiger charge is -2.12. The molecule has 0 atom stereocenters. The van der Waals surface area contributed by atoms with Gasteiger partial charge in [-0.25, -0.2) is 0 Å². The van der Waals surface area contributed by atoms with Gasteiger partial charge >= 0.3 is 0 Å². The molecule has 0 aliphatic heterocycles. The molecule has 2 N–H and O–H groups in total. The maximum Gasteiger partial charge on any atom is 0.273 e. The van der Waals surface area contributed by atoms with Crippen molar-refractivity contribution < 1.29 is 9.32 Å². The van der Waals surface area contributed by atoms with Crippen LogP contribution in [0.3, 0.4) is 0 Å². The number of hydrogen-bond donors (Lipinski definition) is 2. The van der Waals surface area contributed by atoms with Gasteiger partial charge < -0.3 is 15.2 Å². The van der Waals surface area contributed by atoms with E-state index in [0.717, 1.165) is 25.3 Å². The highest BCUT2D eigenvalue weighted by molar-refractivity contribution is 5.92. The van der Waals surface area contributed by atoms with E-state index in [9.17, 15) is 4.79 Å². The van der Waals surface area contributed by atoms with Gasteiger partial charge in [0.15, 0.2) is 5.69 Å². The number of rotatable bonds is 6. The molecule has 0 fully saturated rings. The molecule has 1 aromatic heterocycles. The summed E-state index contributed by atoms with van der Waals surface area (Å²) >= 11 is 0. The van der Waals surface area contributed by atoms with Gasteiger partial charge in [0.1, 0.15) is 5.76 Å². The zero-order chi connectivity index (χ0) is 13.6. The van der Waals surface area contributed by atoms with Gasteiger partial charge in [0, 0.05) is 24.6 Å². The van der Waals surface area contributed by atoms with Crippen molar-refractivity contribution in [1.82, 2.24) is 15.8 Å². The predicted octanol–water partition coefficient (Wildman–Crippen LogP) is 1.70. The van der Waals surface area contributed by atoms with Crippen LogP contribution in [-0.4, -0.2) is 30.7 Å². The molecule has 1 rings (SSSR count). The van der Waals surface area contributed by atoms with E-state index in [1.54, 1.807) is 6.07 Å². The number of hydrogen-bond acceptors (Lipinski definition) is 4. The summed E-state index contributed by atoms with van der Waals surface area (Å²) in [5.74, 6) is 0.532. The normalized spacial score (nSPS) is 11.6. The maximum absolute atomic E-state index is 11.8. The maximum atomic E-state index is 11.8. The number of amides is 1. The van der Waals surface area contributed by atoms with Crippen LogP contribution in [0.4, 0.5) is 0 Å². The largest absolute Gasteiger partial charge is 0.360 e. The highest BCUT2D eigenvalue weighted by atomic mass is 16.5. The molecule has 0 aliphatic carbocycles.